The van der Waals surface area contributed by atoms with Gasteiger partial charge in [0.25, 0.3) is 11.8 Å². The van der Waals surface area contributed by atoms with Crippen LogP contribution in [0.3, 0.4) is 0 Å². The molecule has 0 aliphatic carbocycles. The van der Waals surface area contributed by atoms with E-state index in [9.17, 15) is 4.79 Å². The number of rotatable bonds is 7. The van der Waals surface area contributed by atoms with E-state index in [1.165, 1.54) is 0 Å². The molecule has 3 N–H and O–H groups in total. The Labute approximate surface area is 222 Å². The van der Waals surface area contributed by atoms with Crippen molar-refractivity contribution in [1.82, 2.24) is 30.0 Å². The van der Waals surface area contributed by atoms with Gasteiger partial charge in [0.2, 0.25) is 0 Å². The molecule has 1 aliphatic heterocycles. The van der Waals surface area contributed by atoms with Crippen LogP contribution in [0, 0.1) is 13.8 Å². The predicted octanol–water partition coefficient (Wildman–Crippen LogP) is 4.53. The lowest BCUT2D eigenvalue weighted by atomic mass is 9.98. The van der Waals surface area contributed by atoms with Crippen LogP contribution >= 0.6 is 0 Å². The third-order valence-electron chi connectivity index (χ3n) is 7.08. The summed E-state index contributed by atoms with van der Waals surface area (Å²) >= 11 is 0. The number of aromatic nitrogens is 4. The number of nitrogen functional groups attached to an aromatic ring is 1. The number of ether oxygens (including phenoxy) is 1. The van der Waals surface area contributed by atoms with Gasteiger partial charge in [-0.1, -0.05) is 18.2 Å². The number of hydrogen-bond donors (Lipinski definition) is 2. The van der Waals surface area contributed by atoms with Gasteiger partial charge < -0.3 is 20.7 Å². The second kappa shape index (κ2) is 11.0. The van der Waals surface area contributed by atoms with E-state index in [1.54, 1.807) is 24.5 Å². The Morgan fingerprint density at radius 1 is 1.11 bits per heavy atom. The molecule has 9 nitrogen and oxygen atoms in total. The number of carbonyl (C=O) groups excluding carboxylic acids is 1. The molecule has 3 heterocycles. The second-order valence-corrected chi connectivity index (χ2v) is 9.88. The van der Waals surface area contributed by atoms with Crippen molar-refractivity contribution in [3.05, 3.63) is 83.3 Å². The zero-order valence-electron chi connectivity index (χ0n) is 22.0. The molecule has 0 spiro atoms. The highest BCUT2D eigenvalue weighted by atomic mass is 16.5. The summed E-state index contributed by atoms with van der Waals surface area (Å²) in [7, 11) is 2.14. The Hall–Kier alpha value is -4.24. The topological polar surface area (TPSA) is 111 Å². The van der Waals surface area contributed by atoms with E-state index in [0.717, 1.165) is 48.2 Å². The van der Waals surface area contributed by atoms with Gasteiger partial charge in [-0.25, -0.2) is 9.97 Å². The maximum Gasteiger partial charge on any atom is 0.263 e. The van der Waals surface area contributed by atoms with Gasteiger partial charge in [-0.2, -0.15) is 5.10 Å². The van der Waals surface area contributed by atoms with Crippen LogP contribution in [0.4, 0.5) is 5.82 Å². The smallest absolute Gasteiger partial charge is 0.263 e. The molecule has 196 valence electrons. The van der Waals surface area contributed by atoms with Crippen molar-refractivity contribution < 1.29 is 9.53 Å². The summed E-state index contributed by atoms with van der Waals surface area (Å²) in [5.41, 5.74) is 11.5. The number of nitrogens with one attached hydrogen (secondary N) is 1. The number of amides is 1. The van der Waals surface area contributed by atoms with Gasteiger partial charge in [-0.05, 0) is 87.8 Å². The molecule has 0 bridgehead atoms. The van der Waals surface area contributed by atoms with Crippen molar-refractivity contribution in [2.75, 3.05) is 25.9 Å². The van der Waals surface area contributed by atoms with Crippen molar-refractivity contribution in [3.63, 3.8) is 0 Å². The van der Waals surface area contributed by atoms with Gasteiger partial charge in [-0.15, -0.1) is 0 Å². The van der Waals surface area contributed by atoms with Crippen LogP contribution in [0.25, 0.3) is 11.3 Å². The first kappa shape index (κ1) is 25.4. The van der Waals surface area contributed by atoms with Gasteiger partial charge in [0, 0.05) is 17.7 Å². The van der Waals surface area contributed by atoms with Crippen LogP contribution < -0.4 is 15.8 Å². The predicted molar refractivity (Wildman–Crippen MR) is 147 cm³/mol. The maximum absolute atomic E-state index is 12.5. The zero-order chi connectivity index (χ0) is 26.6. The number of hydrogen-bond acceptors (Lipinski definition) is 7. The van der Waals surface area contributed by atoms with Crippen LogP contribution in [-0.2, 0) is 6.54 Å². The standard InChI is InChI=1S/C29H33N7O2/c1-19-13-22(14-20(2)25(19)16-32-28(37)21-7-5-4-6-8-21)26-17-31-27(30)29(34-26)38-24-15-33-36(18-24)23-9-11-35(3)12-10-23/h4-8,13-15,17-18,23H,9-12,16H2,1-3H3,(H2,30,31)(H,32,37). The minimum Gasteiger partial charge on any atom is -0.433 e. The molecule has 9 heteroatoms. The number of nitrogens with two attached hydrogens (primary N) is 1. The molecule has 1 amide bonds. The lowest BCUT2D eigenvalue weighted by Gasteiger charge is -2.28. The fourth-order valence-electron chi connectivity index (χ4n) is 4.82. The van der Waals surface area contributed by atoms with Gasteiger partial charge in [0.05, 0.1) is 30.3 Å². The fourth-order valence-corrected chi connectivity index (χ4v) is 4.82. The monoisotopic (exact) mass is 511 g/mol. The van der Waals surface area contributed by atoms with E-state index in [1.807, 2.05) is 55.1 Å². The average Bonchev–Trinajstić information content (AvgIpc) is 3.38. The van der Waals surface area contributed by atoms with E-state index >= 15 is 0 Å². The summed E-state index contributed by atoms with van der Waals surface area (Å²) in [6.07, 6.45) is 7.35. The molecule has 1 fully saturated rings. The summed E-state index contributed by atoms with van der Waals surface area (Å²) in [6.45, 7) is 6.60. The molecule has 0 atom stereocenters. The lowest BCUT2D eigenvalue weighted by Crippen LogP contribution is -2.31. The summed E-state index contributed by atoms with van der Waals surface area (Å²) < 4.78 is 7.99. The molecule has 2 aromatic carbocycles. The minimum absolute atomic E-state index is 0.0983. The largest absolute Gasteiger partial charge is 0.433 e. The summed E-state index contributed by atoms with van der Waals surface area (Å²) in [4.78, 5) is 23.8. The summed E-state index contributed by atoms with van der Waals surface area (Å²) in [6, 6.07) is 13.7. The SMILES string of the molecule is Cc1cc(-c2cnc(N)c(Oc3cnn(C4CCN(C)CC4)c3)n2)cc(C)c1CNC(=O)c1ccccc1. The van der Waals surface area contributed by atoms with E-state index in [4.69, 9.17) is 10.5 Å². The molecule has 0 radical (unpaired) electrons. The zero-order valence-corrected chi connectivity index (χ0v) is 22.0. The molecular formula is C29H33N7O2. The molecule has 4 aromatic rings. The van der Waals surface area contributed by atoms with Gasteiger partial charge >= 0.3 is 0 Å². The van der Waals surface area contributed by atoms with Crippen molar-refractivity contribution in [3.8, 4) is 22.9 Å². The van der Waals surface area contributed by atoms with Gasteiger partial charge in [-0.3, -0.25) is 9.48 Å². The average molecular weight is 512 g/mol. The quantitative estimate of drug-likeness (QED) is 0.375. The highest BCUT2D eigenvalue weighted by Crippen LogP contribution is 2.30. The Morgan fingerprint density at radius 2 is 1.82 bits per heavy atom. The molecule has 38 heavy (non-hydrogen) atoms. The van der Waals surface area contributed by atoms with Crippen LogP contribution in [0.5, 0.6) is 11.6 Å². The first-order valence-corrected chi connectivity index (χ1v) is 12.8. The number of carbonyl (C=O) groups is 1. The van der Waals surface area contributed by atoms with Crippen molar-refractivity contribution in [2.45, 2.75) is 39.3 Å². The number of nitrogens with zero attached hydrogens (tertiary/aromatic N) is 5. The van der Waals surface area contributed by atoms with Crippen molar-refractivity contribution >= 4 is 11.7 Å². The van der Waals surface area contributed by atoms with E-state index in [0.29, 0.717) is 29.6 Å². The van der Waals surface area contributed by atoms with Gasteiger partial charge in [0.1, 0.15) is 0 Å². The number of aryl methyl sites for hydroxylation is 2. The molecule has 5 rings (SSSR count). The Bertz CT molecular complexity index is 1400. The Kier molecular flexibility index (Phi) is 7.37. The molecule has 1 aliphatic rings. The highest BCUT2D eigenvalue weighted by molar-refractivity contribution is 5.94. The first-order valence-electron chi connectivity index (χ1n) is 12.8. The van der Waals surface area contributed by atoms with Crippen LogP contribution in [-0.4, -0.2) is 50.7 Å². The third-order valence-corrected chi connectivity index (χ3v) is 7.08. The molecule has 0 saturated carbocycles. The normalized spacial score (nSPS) is 14.4. The highest BCUT2D eigenvalue weighted by Gasteiger charge is 2.20. The summed E-state index contributed by atoms with van der Waals surface area (Å²) in [5.74, 6) is 0.951. The first-order chi connectivity index (χ1) is 18.4. The number of piperidine rings is 1. The van der Waals surface area contributed by atoms with Gasteiger partial charge in [0.15, 0.2) is 11.6 Å². The number of benzene rings is 2. The number of anilines is 1. The van der Waals surface area contributed by atoms with Crippen LogP contribution in [0.15, 0.2) is 61.1 Å². The fraction of sp³-hybridized carbons (Fsp3) is 0.310. The van der Waals surface area contributed by atoms with Crippen LogP contribution in [0.1, 0.15) is 45.9 Å². The minimum atomic E-state index is -0.0983. The molecular weight excluding hydrogens is 478 g/mol. The second-order valence-electron chi connectivity index (χ2n) is 9.88. The van der Waals surface area contributed by atoms with E-state index < -0.39 is 0 Å². The number of likely N-dealkylation sites (tertiary alicyclic amines) is 1. The van der Waals surface area contributed by atoms with Crippen molar-refractivity contribution in [2.24, 2.45) is 0 Å². The summed E-state index contributed by atoms with van der Waals surface area (Å²) in [5, 5.41) is 7.52. The Morgan fingerprint density at radius 3 is 2.53 bits per heavy atom. The van der Waals surface area contributed by atoms with Crippen LogP contribution in [0.2, 0.25) is 0 Å². The van der Waals surface area contributed by atoms with E-state index in [-0.39, 0.29) is 17.6 Å². The molecule has 2 aromatic heterocycles. The maximum atomic E-state index is 12.5. The van der Waals surface area contributed by atoms with Crippen molar-refractivity contribution in [1.29, 1.82) is 0 Å². The lowest BCUT2D eigenvalue weighted by molar-refractivity contribution is 0.0951. The molecule has 0 unspecified atom stereocenters. The third kappa shape index (κ3) is 5.68. The Balaban J connectivity index is 1.30. The molecule has 1 saturated heterocycles. The van der Waals surface area contributed by atoms with E-state index in [2.05, 4.69) is 32.3 Å².